The largest absolute Gasteiger partial charge is 0.357 e. The molecule has 4 unspecified atom stereocenters. The highest BCUT2D eigenvalue weighted by atomic mass is 79.9. The first kappa shape index (κ1) is 11.9. The number of halogens is 1. The molecule has 19 heavy (non-hydrogen) atoms. The number of benzene rings is 1. The minimum Gasteiger partial charge on any atom is -0.357 e. The van der Waals surface area contributed by atoms with Crippen LogP contribution in [0.15, 0.2) is 40.9 Å². The Balaban J connectivity index is 1.77. The highest BCUT2D eigenvalue weighted by molar-refractivity contribution is 9.11. The topological polar surface area (TPSA) is 29.6 Å². The Labute approximate surface area is 121 Å². The highest BCUT2D eigenvalue weighted by Gasteiger charge is 2.70. The molecular formula is C16H15BrO2. The number of hydrogen-bond acceptors (Lipinski definition) is 2. The van der Waals surface area contributed by atoms with Crippen LogP contribution in [0, 0.1) is 11.8 Å². The van der Waals surface area contributed by atoms with Gasteiger partial charge in [-0.15, -0.1) is 0 Å². The summed E-state index contributed by atoms with van der Waals surface area (Å²) in [7, 11) is 0. The van der Waals surface area contributed by atoms with Crippen LogP contribution in [0.25, 0.3) is 0 Å². The molecule has 0 aromatic heterocycles. The van der Waals surface area contributed by atoms with E-state index in [1.807, 2.05) is 25.1 Å². The number of allylic oxidation sites excluding steroid dienone is 1. The van der Waals surface area contributed by atoms with E-state index in [9.17, 15) is 4.79 Å². The lowest BCUT2D eigenvalue weighted by atomic mass is 9.60. The molecule has 1 saturated heterocycles. The molecule has 5 atom stereocenters. The second-order valence-electron chi connectivity index (χ2n) is 5.80. The molecule has 1 aromatic rings. The van der Waals surface area contributed by atoms with Crippen molar-refractivity contribution in [1.82, 2.24) is 0 Å². The predicted molar refractivity (Wildman–Crippen MR) is 76.1 cm³/mol. The van der Waals surface area contributed by atoms with E-state index in [1.165, 1.54) is 5.56 Å². The van der Waals surface area contributed by atoms with Gasteiger partial charge in [0.05, 0.1) is 6.10 Å². The number of carbonyl (C=O) groups excluding carboxylic acids is 1. The van der Waals surface area contributed by atoms with Crippen LogP contribution in [0.3, 0.4) is 0 Å². The number of Topliss-reactive ketones (excluding diaryl/α,β-unsaturated/α-hetero) is 1. The van der Waals surface area contributed by atoms with E-state index in [-0.39, 0.29) is 23.7 Å². The fourth-order valence-corrected chi connectivity index (χ4v) is 4.73. The van der Waals surface area contributed by atoms with Crippen molar-refractivity contribution in [3.8, 4) is 0 Å². The maximum atomic E-state index is 12.7. The predicted octanol–water partition coefficient (Wildman–Crippen LogP) is 3.43. The van der Waals surface area contributed by atoms with Crippen LogP contribution >= 0.6 is 15.9 Å². The zero-order valence-electron chi connectivity index (χ0n) is 10.7. The first-order valence-corrected chi connectivity index (χ1v) is 7.58. The second-order valence-corrected chi connectivity index (χ2v) is 6.72. The maximum absolute atomic E-state index is 12.7. The van der Waals surface area contributed by atoms with E-state index >= 15 is 0 Å². The summed E-state index contributed by atoms with van der Waals surface area (Å²) in [4.78, 5) is 12.7. The van der Waals surface area contributed by atoms with Gasteiger partial charge < -0.3 is 4.74 Å². The summed E-state index contributed by atoms with van der Waals surface area (Å²) in [5, 5.41) is 0. The number of rotatable bonds is 1. The van der Waals surface area contributed by atoms with Gasteiger partial charge in [0, 0.05) is 11.8 Å². The van der Waals surface area contributed by atoms with E-state index < -0.39 is 5.60 Å². The molecule has 1 heterocycles. The average molecular weight is 319 g/mol. The summed E-state index contributed by atoms with van der Waals surface area (Å²) in [6.45, 7) is 2.01. The van der Waals surface area contributed by atoms with Crippen molar-refractivity contribution in [2.24, 2.45) is 11.8 Å². The van der Waals surface area contributed by atoms with Crippen molar-refractivity contribution in [2.45, 2.75) is 31.0 Å². The number of fused-ring (bicyclic) bond motifs is 1. The molecular weight excluding hydrogens is 304 g/mol. The third kappa shape index (κ3) is 1.43. The molecule has 0 N–H and O–H groups in total. The molecule has 0 amide bonds. The molecule has 5 rings (SSSR count). The molecule has 4 aliphatic rings. The summed E-state index contributed by atoms with van der Waals surface area (Å²) in [5.41, 5.74) is 0.758. The SMILES string of the molecule is C[C@H]1OC12C(=O)C1C=C(Br)C2CC1c1ccccc1. The molecule has 98 valence electrons. The van der Waals surface area contributed by atoms with Crippen molar-refractivity contribution in [3.05, 3.63) is 46.5 Å². The van der Waals surface area contributed by atoms with Gasteiger partial charge in [-0.3, -0.25) is 4.79 Å². The van der Waals surface area contributed by atoms with Crippen LogP contribution in [0.2, 0.25) is 0 Å². The molecule has 1 aromatic carbocycles. The van der Waals surface area contributed by atoms with Crippen LogP contribution in [-0.4, -0.2) is 17.5 Å². The van der Waals surface area contributed by atoms with E-state index in [1.54, 1.807) is 0 Å². The molecule has 1 aliphatic heterocycles. The summed E-state index contributed by atoms with van der Waals surface area (Å²) >= 11 is 3.64. The number of ether oxygens (including phenoxy) is 1. The lowest BCUT2D eigenvalue weighted by molar-refractivity contribution is -0.132. The Morgan fingerprint density at radius 2 is 2.00 bits per heavy atom. The van der Waals surface area contributed by atoms with Crippen molar-refractivity contribution < 1.29 is 9.53 Å². The zero-order chi connectivity index (χ0) is 13.2. The number of ketones is 1. The van der Waals surface area contributed by atoms with Crippen LogP contribution in [0.4, 0.5) is 0 Å². The molecule has 3 aliphatic carbocycles. The summed E-state index contributed by atoms with van der Waals surface area (Å²) in [5.74, 6) is 0.757. The van der Waals surface area contributed by atoms with Crippen molar-refractivity contribution in [3.63, 3.8) is 0 Å². The minimum absolute atomic E-state index is 0.0354. The fraction of sp³-hybridized carbons (Fsp3) is 0.438. The number of carbonyl (C=O) groups is 1. The summed E-state index contributed by atoms with van der Waals surface area (Å²) in [6.07, 6.45) is 3.18. The van der Waals surface area contributed by atoms with E-state index in [2.05, 4.69) is 34.1 Å². The molecule has 1 spiro atoms. The average Bonchev–Trinajstić information content (AvgIpc) is 3.08. The van der Waals surface area contributed by atoms with Gasteiger partial charge in [-0.25, -0.2) is 0 Å². The molecule has 2 nitrogen and oxygen atoms in total. The van der Waals surface area contributed by atoms with Gasteiger partial charge in [0.2, 0.25) is 0 Å². The molecule has 2 fully saturated rings. The Morgan fingerprint density at radius 3 is 2.63 bits per heavy atom. The van der Waals surface area contributed by atoms with Crippen molar-refractivity contribution >= 4 is 21.7 Å². The first-order chi connectivity index (χ1) is 9.14. The van der Waals surface area contributed by atoms with Crippen molar-refractivity contribution in [1.29, 1.82) is 0 Å². The zero-order valence-corrected chi connectivity index (χ0v) is 12.3. The minimum atomic E-state index is -0.510. The molecule has 3 heteroatoms. The lowest BCUT2D eigenvalue weighted by Crippen LogP contribution is -2.50. The van der Waals surface area contributed by atoms with Gasteiger partial charge in [0.15, 0.2) is 11.4 Å². The van der Waals surface area contributed by atoms with Crippen LogP contribution in [0.5, 0.6) is 0 Å². The second kappa shape index (κ2) is 3.80. The Hall–Kier alpha value is -0.930. The van der Waals surface area contributed by atoms with E-state index in [0.717, 1.165) is 10.9 Å². The number of epoxide rings is 1. The third-order valence-corrected chi connectivity index (χ3v) is 5.76. The smallest absolute Gasteiger partial charge is 0.175 e. The highest BCUT2D eigenvalue weighted by Crippen LogP contribution is 2.61. The van der Waals surface area contributed by atoms with Gasteiger partial charge >= 0.3 is 0 Å². The third-order valence-electron chi connectivity index (χ3n) is 4.95. The maximum Gasteiger partial charge on any atom is 0.175 e. The van der Waals surface area contributed by atoms with E-state index in [4.69, 9.17) is 4.74 Å². The van der Waals surface area contributed by atoms with Gasteiger partial charge in [0.1, 0.15) is 0 Å². The summed E-state index contributed by atoms with van der Waals surface area (Å²) < 4.78 is 6.89. The normalized spacial score (nSPS) is 43.5. The first-order valence-electron chi connectivity index (χ1n) is 6.79. The van der Waals surface area contributed by atoms with E-state index in [0.29, 0.717) is 5.92 Å². The van der Waals surface area contributed by atoms with Gasteiger partial charge in [0.25, 0.3) is 0 Å². The van der Waals surface area contributed by atoms with Crippen LogP contribution in [0.1, 0.15) is 24.8 Å². The fourth-order valence-electron chi connectivity index (χ4n) is 3.91. The Morgan fingerprint density at radius 1 is 1.32 bits per heavy atom. The quantitative estimate of drug-likeness (QED) is 0.742. The van der Waals surface area contributed by atoms with Gasteiger partial charge in [-0.1, -0.05) is 52.3 Å². The van der Waals surface area contributed by atoms with Crippen LogP contribution < -0.4 is 0 Å². The Kier molecular flexibility index (Phi) is 2.37. The molecule has 2 bridgehead atoms. The van der Waals surface area contributed by atoms with Crippen molar-refractivity contribution in [2.75, 3.05) is 0 Å². The Bertz CT molecular complexity index is 580. The molecule has 1 saturated carbocycles. The number of hydrogen-bond donors (Lipinski definition) is 0. The van der Waals surface area contributed by atoms with Gasteiger partial charge in [-0.2, -0.15) is 0 Å². The van der Waals surface area contributed by atoms with Gasteiger partial charge in [-0.05, 0) is 29.3 Å². The monoisotopic (exact) mass is 318 g/mol. The molecule has 0 radical (unpaired) electrons. The summed E-state index contributed by atoms with van der Waals surface area (Å²) in [6, 6.07) is 10.4. The lowest BCUT2D eigenvalue weighted by Gasteiger charge is -2.43. The standard InChI is InChI=1S/C16H15BrO2/c1-9-16(19-9)13-7-11(10-5-3-2-4-6-10)12(15(16)18)8-14(13)17/h2-6,8-9,11-13H,7H2,1H3/t9-,11?,12?,13?,16?/m1/s1. The van der Waals surface area contributed by atoms with Crippen LogP contribution in [-0.2, 0) is 9.53 Å².